The van der Waals surface area contributed by atoms with Gasteiger partial charge in [-0.1, -0.05) is 72.8 Å². The largest absolute Gasteiger partial charge is 0.478 e. The van der Waals surface area contributed by atoms with Crippen molar-refractivity contribution in [2.45, 2.75) is 12.3 Å². The number of fused-ring (bicyclic) bond motifs is 3. The summed E-state index contributed by atoms with van der Waals surface area (Å²) in [5.41, 5.74) is 5.95. The topological polar surface area (TPSA) is 75.6 Å². The van der Waals surface area contributed by atoms with Gasteiger partial charge >= 0.3 is 12.1 Å². The number of carboxylic acid groups (broad SMARTS) is 1. The Morgan fingerprint density at radius 1 is 0.903 bits per heavy atom. The number of alkyl carbamates (subject to hydrolysis) is 1. The molecule has 3 aromatic carbocycles. The Balaban J connectivity index is 1.25. The van der Waals surface area contributed by atoms with Crippen molar-refractivity contribution in [3.05, 3.63) is 101 Å². The van der Waals surface area contributed by atoms with Crippen LogP contribution < -0.4 is 5.32 Å². The number of carboxylic acids is 1. The molecule has 2 N–H and O–H groups in total. The molecule has 0 spiro atoms. The Labute approximate surface area is 181 Å². The minimum Gasteiger partial charge on any atom is -0.478 e. The second kappa shape index (κ2) is 9.30. The fraction of sp³-hybridized carbons (Fsp3) is 0.154. The molecular weight excluding hydrogens is 390 g/mol. The summed E-state index contributed by atoms with van der Waals surface area (Å²) in [7, 11) is 0. The summed E-state index contributed by atoms with van der Waals surface area (Å²) in [6.45, 7) is 0.756. The van der Waals surface area contributed by atoms with Gasteiger partial charge in [-0.05, 0) is 46.4 Å². The van der Waals surface area contributed by atoms with Crippen LogP contribution in [0.1, 0.15) is 39.4 Å². The molecule has 4 rings (SSSR count). The number of nitrogens with one attached hydrogen (secondary N) is 1. The molecule has 31 heavy (non-hydrogen) atoms. The van der Waals surface area contributed by atoms with Gasteiger partial charge in [-0.25, -0.2) is 9.59 Å². The summed E-state index contributed by atoms with van der Waals surface area (Å²) in [6, 6.07) is 23.1. The van der Waals surface area contributed by atoms with Crippen LogP contribution in [0.3, 0.4) is 0 Å². The van der Waals surface area contributed by atoms with Gasteiger partial charge in [0.1, 0.15) is 6.61 Å². The van der Waals surface area contributed by atoms with Crippen LogP contribution in [0.2, 0.25) is 0 Å². The molecule has 0 fully saturated rings. The fourth-order valence-electron chi connectivity index (χ4n) is 3.86. The minimum absolute atomic E-state index is 0.0480. The second-order valence-electron chi connectivity index (χ2n) is 7.37. The molecule has 5 nitrogen and oxygen atoms in total. The highest BCUT2D eigenvalue weighted by Crippen LogP contribution is 2.44. The smallest absolute Gasteiger partial charge is 0.407 e. The number of hydrogen-bond acceptors (Lipinski definition) is 3. The molecule has 0 aliphatic heterocycles. The first-order valence-electron chi connectivity index (χ1n) is 10.2. The zero-order chi connectivity index (χ0) is 21.6. The van der Waals surface area contributed by atoms with E-state index in [1.807, 2.05) is 36.4 Å². The lowest BCUT2D eigenvalue weighted by Gasteiger charge is -2.14. The average Bonchev–Trinajstić information content (AvgIpc) is 3.11. The fourth-order valence-corrected chi connectivity index (χ4v) is 3.86. The number of ether oxygens (including phenoxy) is 1. The lowest BCUT2D eigenvalue weighted by Crippen LogP contribution is -2.26. The lowest BCUT2D eigenvalue weighted by molar-refractivity contribution is 0.0696. The van der Waals surface area contributed by atoms with E-state index in [-0.39, 0.29) is 11.5 Å². The zero-order valence-corrected chi connectivity index (χ0v) is 17.0. The second-order valence-corrected chi connectivity index (χ2v) is 7.37. The molecule has 0 heterocycles. The molecule has 0 unspecified atom stereocenters. The zero-order valence-electron chi connectivity index (χ0n) is 17.0. The van der Waals surface area contributed by atoms with Crippen LogP contribution in [0, 0.1) is 0 Å². The van der Waals surface area contributed by atoms with Gasteiger partial charge in [-0.3, -0.25) is 0 Å². The highest BCUT2D eigenvalue weighted by molar-refractivity contribution is 5.87. The van der Waals surface area contributed by atoms with E-state index >= 15 is 0 Å². The predicted molar refractivity (Wildman–Crippen MR) is 120 cm³/mol. The van der Waals surface area contributed by atoms with Gasteiger partial charge in [0.15, 0.2) is 0 Å². The van der Waals surface area contributed by atoms with Crippen molar-refractivity contribution < 1.29 is 19.4 Å². The van der Waals surface area contributed by atoms with Gasteiger partial charge in [0, 0.05) is 12.5 Å². The number of carbonyl (C=O) groups is 2. The van der Waals surface area contributed by atoms with E-state index in [0.29, 0.717) is 19.6 Å². The average molecular weight is 413 g/mol. The molecule has 0 aromatic heterocycles. The molecular formula is C26H23NO4. The Hall–Kier alpha value is -3.86. The Morgan fingerprint density at radius 3 is 2.13 bits per heavy atom. The monoisotopic (exact) mass is 413 g/mol. The molecule has 0 atom stereocenters. The van der Waals surface area contributed by atoms with Crippen molar-refractivity contribution in [1.82, 2.24) is 5.32 Å². The molecule has 1 aliphatic carbocycles. The molecule has 1 amide bonds. The van der Waals surface area contributed by atoms with E-state index in [1.165, 1.54) is 22.3 Å². The van der Waals surface area contributed by atoms with Crippen molar-refractivity contribution in [3.8, 4) is 11.1 Å². The first kappa shape index (κ1) is 20.4. The van der Waals surface area contributed by atoms with E-state index in [0.717, 1.165) is 5.56 Å². The SMILES string of the molecule is O=C(NCCC=Cc1ccc(C(=O)O)cc1)OCC1c2ccccc2-c2ccccc21. The Morgan fingerprint density at radius 2 is 1.52 bits per heavy atom. The van der Waals surface area contributed by atoms with Crippen LogP contribution in [0.25, 0.3) is 17.2 Å². The van der Waals surface area contributed by atoms with Crippen molar-refractivity contribution in [1.29, 1.82) is 0 Å². The molecule has 1 aliphatic rings. The molecule has 5 heteroatoms. The quantitative estimate of drug-likeness (QED) is 0.514. The predicted octanol–water partition coefficient (Wildman–Crippen LogP) is 5.33. The van der Waals surface area contributed by atoms with Crippen LogP contribution in [0.5, 0.6) is 0 Å². The van der Waals surface area contributed by atoms with Crippen molar-refractivity contribution in [2.24, 2.45) is 0 Å². The van der Waals surface area contributed by atoms with Crippen molar-refractivity contribution >= 4 is 18.1 Å². The number of amides is 1. The number of carbonyl (C=O) groups excluding carboxylic acids is 1. The van der Waals surface area contributed by atoms with Gasteiger partial charge < -0.3 is 15.2 Å². The van der Waals surface area contributed by atoms with Gasteiger partial charge in [0.25, 0.3) is 0 Å². The van der Waals surface area contributed by atoms with E-state index in [4.69, 9.17) is 9.84 Å². The molecule has 156 valence electrons. The van der Waals surface area contributed by atoms with Gasteiger partial charge in [-0.15, -0.1) is 0 Å². The van der Waals surface area contributed by atoms with Gasteiger partial charge in [-0.2, -0.15) is 0 Å². The highest BCUT2D eigenvalue weighted by Gasteiger charge is 2.28. The maximum atomic E-state index is 12.1. The number of aromatic carboxylic acids is 1. The minimum atomic E-state index is -0.942. The van der Waals surface area contributed by atoms with Crippen LogP contribution in [0.4, 0.5) is 4.79 Å². The van der Waals surface area contributed by atoms with Crippen molar-refractivity contribution in [3.63, 3.8) is 0 Å². The number of benzene rings is 3. The maximum Gasteiger partial charge on any atom is 0.407 e. The summed E-state index contributed by atoms with van der Waals surface area (Å²) >= 11 is 0. The normalized spacial score (nSPS) is 12.4. The summed E-state index contributed by atoms with van der Waals surface area (Å²) in [5.74, 6) is -0.894. The summed E-state index contributed by atoms with van der Waals surface area (Å²) < 4.78 is 5.51. The standard InChI is InChI=1S/C26H23NO4/c28-25(29)19-14-12-18(13-15-19)7-5-6-16-27-26(30)31-17-24-22-10-3-1-8-20(22)21-9-2-4-11-23(21)24/h1-5,7-15,24H,6,16-17H2,(H,27,30)(H,28,29). The lowest BCUT2D eigenvalue weighted by atomic mass is 9.98. The van der Waals surface area contributed by atoms with Crippen LogP contribution in [-0.2, 0) is 4.74 Å². The third-order valence-corrected chi connectivity index (χ3v) is 5.39. The molecule has 0 saturated carbocycles. The highest BCUT2D eigenvalue weighted by atomic mass is 16.5. The van der Waals surface area contributed by atoms with Gasteiger partial charge in [0.05, 0.1) is 5.56 Å². The number of rotatable bonds is 7. The summed E-state index contributed by atoms with van der Waals surface area (Å²) in [6.07, 6.45) is 4.04. The molecule has 3 aromatic rings. The van der Waals surface area contributed by atoms with Crippen LogP contribution in [-0.4, -0.2) is 30.3 Å². The first-order chi connectivity index (χ1) is 15.1. The molecule has 0 radical (unpaired) electrons. The van der Waals surface area contributed by atoms with Crippen LogP contribution >= 0.6 is 0 Å². The Bertz CT molecular complexity index is 1070. The van der Waals surface area contributed by atoms with E-state index in [2.05, 4.69) is 29.6 Å². The maximum absolute atomic E-state index is 12.1. The van der Waals surface area contributed by atoms with E-state index < -0.39 is 12.1 Å². The van der Waals surface area contributed by atoms with Crippen LogP contribution in [0.15, 0.2) is 78.9 Å². The Kier molecular flexibility index (Phi) is 6.13. The molecule has 0 bridgehead atoms. The summed E-state index contributed by atoms with van der Waals surface area (Å²) in [4.78, 5) is 23.0. The van der Waals surface area contributed by atoms with Crippen molar-refractivity contribution in [2.75, 3.05) is 13.2 Å². The first-order valence-corrected chi connectivity index (χ1v) is 10.2. The third kappa shape index (κ3) is 4.67. The van der Waals surface area contributed by atoms with E-state index in [1.54, 1.807) is 24.3 Å². The van der Waals surface area contributed by atoms with Gasteiger partial charge in [0.2, 0.25) is 0 Å². The number of hydrogen-bond donors (Lipinski definition) is 2. The van der Waals surface area contributed by atoms with E-state index in [9.17, 15) is 9.59 Å². The molecule has 0 saturated heterocycles. The third-order valence-electron chi connectivity index (χ3n) is 5.39. The summed E-state index contributed by atoms with van der Waals surface area (Å²) in [5, 5.41) is 11.7.